The summed E-state index contributed by atoms with van der Waals surface area (Å²) in [6.07, 6.45) is 0. The van der Waals surface area contributed by atoms with Gasteiger partial charge in [-0.15, -0.1) is 0 Å². The van der Waals surface area contributed by atoms with Crippen molar-refractivity contribution in [2.75, 3.05) is 19.8 Å². The second kappa shape index (κ2) is 10.5. The summed E-state index contributed by atoms with van der Waals surface area (Å²) in [5, 5.41) is 0.192. The zero-order valence-corrected chi connectivity index (χ0v) is 17.1. The Balaban J connectivity index is 2.23. The Morgan fingerprint density at radius 3 is 2.00 bits per heavy atom. The average molecular weight is 425 g/mol. The summed E-state index contributed by atoms with van der Waals surface area (Å²) in [6.45, 7) is 6.48. The van der Waals surface area contributed by atoms with Crippen molar-refractivity contribution in [1.82, 2.24) is 10.9 Å². The smallest absolute Gasteiger partial charge is 0.272 e. The quantitative estimate of drug-likeness (QED) is 0.630. The van der Waals surface area contributed by atoms with Crippen molar-refractivity contribution in [1.29, 1.82) is 0 Å². The molecule has 0 bridgehead atoms. The van der Waals surface area contributed by atoms with Crippen LogP contribution in [0.15, 0.2) is 30.3 Å². The van der Waals surface area contributed by atoms with Gasteiger partial charge in [-0.25, -0.2) is 4.39 Å². The topological polar surface area (TPSA) is 85.9 Å². The SMILES string of the molecule is CCOc1cc(C(=O)NNC(=O)c2cc(Cl)ccc2F)cc(OCC)c1OCC. The standard InChI is InChI=1S/C20H22ClFN2O5/c1-4-27-16-9-12(10-17(28-5-2)18(16)29-6-3)19(25)23-24-20(26)14-11-13(21)7-8-15(14)22/h7-11H,4-6H2,1-3H3,(H,23,25)(H,24,26). The van der Waals surface area contributed by atoms with E-state index in [2.05, 4.69) is 10.9 Å². The van der Waals surface area contributed by atoms with Gasteiger partial charge < -0.3 is 14.2 Å². The third kappa shape index (κ3) is 5.74. The molecule has 2 N–H and O–H groups in total. The number of rotatable bonds is 8. The molecule has 0 aliphatic rings. The Kier molecular flexibility index (Phi) is 8.09. The first-order valence-electron chi connectivity index (χ1n) is 9.03. The van der Waals surface area contributed by atoms with Crippen LogP contribution in [0.1, 0.15) is 41.5 Å². The third-order valence-corrected chi connectivity index (χ3v) is 3.87. The highest BCUT2D eigenvalue weighted by molar-refractivity contribution is 6.31. The number of amides is 2. The molecule has 0 aliphatic heterocycles. The summed E-state index contributed by atoms with van der Waals surface area (Å²) in [5.74, 6) is -1.21. The van der Waals surface area contributed by atoms with Gasteiger partial charge in [0.2, 0.25) is 5.75 Å². The fourth-order valence-electron chi connectivity index (χ4n) is 2.44. The minimum Gasteiger partial charge on any atom is -0.490 e. The Morgan fingerprint density at radius 2 is 1.45 bits per heavy atom. The van der Waals surface area contributed by atoms with E-state index in [1.54, 1.807) is 13.8 Å². The van der Waals surface area contributed by atoms with Crippen LogP contribution in [0.3, 0.4) is 0 Å². The molecule has 0 radical (unpaired) electrons. The van der Waals surface area contributed by atoms with Crippen LogP contribution in [0.2, 0.25) is 5.02 Å². The molecule has 0 heterocycles. The Morgan fingerprint density at radius 1 is 0.897 bits per heavy atom. The number of hydrazine groups is 1. The Labute approximate surface area is 173 Å². The molecule has 0 unspecified atom stereocenters. The highest BCUT2D eigenvalue weighted by atomic mass is 35.5. The first kappa shape index (κ1) is 22.3. The minimum absolute atomic E-state index is 0.159. The number of hydrogen-bond donors (Lipinski definition) is 2. The number of ether oxygens (including phenoxy) is 3. The van der Waals surface area contributed by atoms with Crippen molar-refractivity contribution < 1.29 is 28.2 Å². The van der Waals surface area contributed by atoms with Crippen LogP contribution in [0.25, 0.3) is 0 Å². The first-order valence-corrected chi connectivity index (χ1v) is 9.41. The highest BCUT2D eigenvalue weighted by Gasteiger charge is 2.19. The maximum atomic E-state index is 13.8. The lowest BCUT2D eigenvalue weighted by atomic mass is 10.1. The minimum atomic E-state index is -0.848. The Bertz CT molecular complexity index is 864. The second-order valence-electron chi connectivity index (χ2n) is 5.63. The molecule has 2 aromatic rings. The van der Waals surface area contributed by atoms with Gasteiger partial charge in [-0.2, -0.15) is 0 Å². The van der Waals surface area contributed by atoms with Crippen molar-refractivity contribution in [3.63, 3.8) is 0 Å². The lowest BCUT2D eigenvalue weighted by molar-refractivity contribution is 0.0844. The second-order valence-corrected chi connectivity index (χ2v) is 6.07. The molecule has 29 heavy (non-hydrogen) atoms. The molecule has 0 saturated heterocycles. The van der Waals surface area contributed by atoms with E-state index in [4.69, 9.17) is 25.8 Å². The molecule has 0 atom stereocenters. The summed E-state index contributed by atoms with van der Waals surface area (Å²) in [4.78, 5) is 24.7. The number of benzene rings is 2. The zero-order valence-electron chi connectivity index (χ0n) is 16.3. The van der Waals surface area contributed by atoms with E-state index in [0.717, 1.165) is 12.1 Å². The highest BCUT2D eigenvalue weighted by Crippen LogP contribution is 2.39. The maximum Gasteiger partial charge on any atom is 0.272 e. The number of carbonyl (C=O) groups is 2. The molecule has 2 rings (SSSR count). The predicted octanol–water partition coefficient (Wildman–Crippen LogP) is 3.75. The summed E-state index contributed by atoms with van der Waals surface area (Å²) >= 11 is 5.78. The molecule has 9 heteroatoms. The van der Waals surface area contributed by atoms with Crippen LogP contribution >= 0.6 is 11.6 Å². The van der Waals surface area contributed by atoms with E-state index in [-0.39, 0.29) is 16.1 Å². The fourth-order valence-corrected chi connectivity index (χ4v) is 2.62. The van der Waals surface area contributed by atoms with Crippen molar-refractivity contribution >= 4 is 23.4 Å². The van der Waals surface area contributed by atoms with E-state index < -0.39 is 17.6 Å². The van der Waals surface area contributed by atoms with E-state index in [0.29, 0.717) is 37.1 Å². The fraction of sp³-hybridized carbons (Fsp3) is 0.300. The Hall–Kier alpha value is -3.00. The molecule has 156 valence electrons. The van der Waals surface area contributed by atoms with Gasteiger partial charge in [0, 0.05) is 10.6 Å². The van der Waals surface area contributed by atoms with Crippen molar-refractivity contribution in [3.05, 3.63) is 52.3 Å². The van der Waals surface area contributed by atoms with Crippen LogP contribution in [0.5, 0.6) is 17.2 Å². The van der Waals surface area contributed by atoms with Gasteiger partial charge in [-0.1, -0.05) is 11.6 Å². The van der Waals surface area contributed by atoms with Gasteiger partial charge in [0.1, 0.15) is 5.82 Å². The lowest BCUT2D eigenvalue weighted by Gasteiger charge is -2.17. The molecule has 0 spiro atoms. The van der Waals surface area contributed by atoms with E-state index in [1.807, 2.05) is 6.92 Å². The van der Waals surface area contributed by atoms with Gasteiger partial charge in [-0.05, 0) is 51.1 Å². The average Bonchev–Trinajstić information content (AvgIpc) is 2.70. The monoisotopic (exact) mass is 424 g/mol. The van der Waals surface area contributed by atoms with Gasteiger partial charge in [0.15, 0.2) is 11.5 Å². The molecule has 0 aromatic heterocycles. The van der Waals surface area contributed by atoms with E-state index in [1.165, 1.54) is 18.2 Å². The molecule has 2 aromatic carbocycles. The molecule has 0 fully saturated rings. The van der Waals surface area contributed by atoms with Crippen LogP contribution in [0, 0.1) is 5.82 Å². The van der Waals surface area contributed by atoms with Crippen molar-refractivity contribution in [3.8, 4) is 17.2 Å². The molecule has 7 nitrogen and oxygen atoms in total. The maximum absolute atomic E-state index is 13.8. The van der Waals surface area contributed by atoms with Crippen LogP contribution < -0.4 is 25.1 Å². The first-order chi connectivity index (χ1) is 13.9. The number of nitrogens with one attached hydrogen (secondary N) is 2. The lowest BCUT2D eigenvalue weighted by Crippen LogP contribution is -2.42. The van der Waals surface area contributed by atoms with Gasteiger partial charge in [0.05, 0.1) is 25.4 Å². The molecular weight excluding hydrogens is 403 g/mol. The number of hydrogen-bond acceptors (Lipinski definition) is 5. The van der Waals surface area contributed by atoms with Gasteiger partial charge in [-0.3, -0.25) is 20.4 Å². The molecular formula is C20H22ClFN2O5. The molecule has 0 aliphatic carbocycles. The summed E-state index contributed by atoms with van der Waals surface area (Å²) < 4.78 is 30.5. The van der Waals surface area contributed by atoms with Gasteiger partial charge in [0.25, 0.3) is 11.8 Å². The van der Waals surface area contributed by atoms with Gasteiger partial charge >= 0.3 is 0 Å². The van der Waals surface area contributed by atoms with E-state index >= 15 is 0 Å². The van der Waals surface area contributed by atoms with Crippen molar-refractivity contribution in [2.45, 2.75) is 20.8 Å². The van der Waals surface area contributed by atoms with Crippen LogP contribution in [-0.4, -0.2) is 31.6 Å². The zero-order chi connectivity index (χ0) is 21.4. The number of carbonyl (C=O) groups excluding carboxylic acids is 2. The van der Waals surface area contributed by atoms with Crippen molar-refractivity contribution in [2.24, 2.45) is 0 Å². The predicted molar refractivity (Wildman–Crippen MR) is 106 cm³/mol. The van der Waals surface area contributed by atoms with Crippen LogP contribution in [0.4, 0.5) is 4.39 Å². The largest absolute Gasteiger partial charge is 0.490 e. The summed E-state index contributed by atoms with van der Waals surface area (Å²) in [6, 6.07) is 6.48. The molecule has 2 amide bonds. The van der Waals surface area contributed by atoms with Crippen LogP contribution in [-0.2, 0) is 0 Å². The number of halogens is 2. The molecule has 0 saturated carbocycles. The summed E-state index contributed by atoms with van der Waals surface area (Å²) in [7, 11) is 0. The normalized spacial score (nSPS) is 10.2. The summed E-state index contributed by atoms with van der Waals surface area (Å²) in [5.41, 5.74) is 4.25. The van der Waals surface area contributed by atoms with E-state index in [9.17, 15) is 14.0 Å². The third-order valence-electron chi connectivity index (χ3n) is 3.63.